The van der Waals surface area contributed by atoms with E-state index in [9.17, 15) is 14.3 Å². The maximum atomic E-state index is 13.0. The first-order valence-corrected chi connectivity index (χ1v) is 6.12. The molecule has 0 aromatic heterocycles. The summed E-state index contributed by atoms with van der Waals surface area (Å²) in [4.78, 5) is 11.0. The minimum absolute atomic E-state index is 0.217. The molecule has 94 valence electrons. The van der Waals surface area contributed by atoms with E-state index in [1.54, 1.807) is 0 Å². The molecule has 5 heteroatoms. The molecule has 0 aliphatic rings. The Kier molecular flexibility index (Phi) is 5.08. The van der Waals surface area contributed by atoms with Crippen molar-refractivity contribution in [2.75, 3.05) is 0 Å². The number of aliphatic hydroxyl groups is 1. The van der Waals surface area contributed by atoms with Crippen molar-refractivity contribution < 1.29 is 19.4 Å². The summed E-state index contributed by atoms with van der Waals surface area (Å²) in [5.74, 6) is -2.35. The van der Waals surface area contributed by atoms with Gasteiger partial charge in [-0.1, -0.05) is 19.4 Å². The SMILES string of the molecule is CCCC(C(=O)O)C(O)c1ccc(F)c(Br)c1. The molecule has 1 aromatic rings. The van der Waals surface area contributed by atoms with Crippen LogP contribution >= 0.6 is 15.9 Å². The van der Waals surface area contributed by atoms with Crippen molar-refractivity contribution >= 4 is 21.9 Å². The van der Waals surface area contributed by atoms with Crippen molar-refractivity contribution in [3.05, 3.63) is 34.1 Å². The molecule has 0 heterocycles. The van der Waals surface area contributed by atoms with E-state index in [2.05, 4.69) is 15.9 Å². The number of carboxylic acids is 1. The molecule has 0 radical (unpaired) electrons. The summed E-state index contributed by atoms with van der Waals surface area (Å²) in [7, 11) is 0. The Morgan fingerprint density at radius 2 is 2.18 bits per heavy atom. The minimum atomic E-state index is -1.12. The molecule has 0 aliphatic heterocycles. The highest BCUT2D eigenvalue weighted by atomic mass is 79.9. The minimum Gasteiger partial charge on any atom is -0.481 e. The van der Waals surface area contributed by atoms with Crippen LogP contribution in [0.5, 0.6) is 0 Å². The van der Waals surface area contributed by atoms with E-state index >= 15 is 0 Å². The summed E-state index contributed by atoms with van der Waals surface area (Å²) in [6.07, 6.45) is -0.0774. The van der Waals surface area contributed by atoms with Crippen molar-refractivity contribution in [1.29, 1.82) is 0 Å². The highest BCUT2D eigenvalue weighted by Crippen LogP contribution is 2.28. The number of halogens is 2. The molecule has 0 aliphatic carbocycles. The van der Waals surface area contributed by atoms with Gasteiger partial charge in [-0.3, -0.25) is 4.79 Å². The third-order valence-electron chi connectivity index (χ3n) is 2.58. The van der Waals surface area contributed by atoms with Crippen molar-refractivity contribution in [2.24, 2.45) is 5.92 Å². The van der Waals surface area contributed by atoms with Gasteiger partial charge >= 0.3 is 5.97 Å². The summed E-state index contributed by atoms with van der Waals surface area (Å²) < 4.78 is 13.2. The molecule has 3 nitrogen and oxygen atoms in total. The van der Waals surface area contributed by atoms with E-state index in [-0.39, 0.29) is 4.47 Å². The summed E-state index contributed by atoms with van der Waals surface area (Å²) >= 11 is 3.01. The largest absolute Gasteiger partial charge is 0.481 e. The van der Waals surface area contributed by atoms with Crippen LogP contribution in [0.3, 0.4) is 0 Å². The van der Waals surface area contributed by atoms with Crippen LogP contribution in [0, 0.1) is 11.7 Å². The number of carboxylic acid groups (broad SMARTS) is 1. The van der Waals surface area contributed by atoms with Crippen LogP contribution in [0.25, 0.3) is 0 Å². The average Bonchev–Trinajstić information content (AvgIpc) is 2.28. The molecule has 2 N–H and O–H groups in total. The van der Waals surface area contributed by atoms with Gasteiger partial charge < -0.3 is 10.2 Å². The smallest absolute Gasteiger partial charge is 0.309 e. The fraction of sp³-hybridized carbons (Fsp3) is 0.417. The molecule has 0 saturated heterocycles. The van der Waals surface area contributed by atoms with Gasteiger partial charge in [0, 0.05) is 0 Å². The maximum Gasteiger partial charge on any atom is 0.309 e. The second-order valence-corrected chi connectivity index (χ2v) is 4.71. The van der Waals surface area contributed by atoms with Gasteiger partial charge in [0.2, 0.25) is 0 Å². The number of hydrogen-bond acceptors (Lipinski definition) is 2. The Morgan fingerprint density at radius 1 is 1.53 bits per heavy atom. The van der Waals surface area contributed by atoms with Crippen molar-refractivity contribution in [3.63, 3.8) is 0 Å². The van der Waals surface area contributed by atoms with Crippen LogP contribution in [0.2, 0.25) is 0 Å². The van der Waals surface area contributed by atoms with Gasteiger partial charge in [0.15, 0.2) is 0 Å². The van der Waals surface area contributed by atoms with E-state index in [4.69, 9.17) is 5.11 Å². The van der Waals surface area contributed by atoms with Gasteiger partial charge in [0.25, 0.3) is 0 Å². The second-order valence-electron chi connectivity index (χ2n) is 3.85. The number of aliphatic carboxylic acids is 1. The van der Waals surface area contributed by atoms with E-state index in [0.717, 1.165) is 0 Å². The number of carbonyl (C=O) groups is 1. The topological polar surface area (TPSA) is 57.5 Å². The molecule has 1 rings (SSSR count). The number of benzene rings is 1. The van der Waals surface area contributed by atoms with E-state index < -0.39 is 23.8 Å². The summed E-state index contributed by atoms with van der Waals surface area (Å²) in [6, 6.07) is 4.01. The predicted molar refractivity (Wildman–Crippen MR) is 65.1 cm³/mol. The maximum absolute atomic E-state index is 13.0. The van der Waals surface area contributed by atoms with Gasteiger partial charge in [-0.05, 0) is 40.0 Å². The lowest BCUT2D eigenvalue weighted by atomic mass is 9.92. The Labute approximate surface area is 107 Å². The van der Waals surface area contributed by atoms with Gasteiger partial charge in [-0.15, -0.1) is 0 Å². The third-order valence-corrected chi connectivity index (χ3v) is 3.19. The van der Waals surface area contributed by atoms with Gasteiger partial charge in [0.05, 0.1) is 16.5 Å². The first-order valence-electron chi connectivity index (χ1n) is 5.33. The van der Waals surface area contributed by atoms with Gasteiger partial charge in [-0.2, -0.15) is 0 Å². The van der Waals surface area contributed by atoms with Crippen molar-refractivity contribution in [1.82, 2.24) is 0 Å². The van der Waals surface area contributed by atoms with Crippen LogP contribution in [0.1, 0.15) is 31.4 Å². The molecule has 17 heavy (non-hydrogen) atoms. The summed E-state index contributed by atoms with van der Waals surface area (Å²) in [5.41, 5.74) is 0.402. The Hall–Kier alpha value is -0.940. The lowest BCUT2D eigenvalue weighted by molar-refractivity contribution is -0.146. The van der Waals surface area contributed by atoms with E-state index in [1.807, 2.05) is 6.92 Å². The second kappa shape index (κ2) is 6.12. The van der Waals surface area contributed by atoms with Gasteiger partial charge in [0.1, 0.15) is 5.82 Å². The molecule has 0 fully saturated rings. The number of aliphatic hydroxyl groups excluding tert-OH is 1. The molecular weight excluding hydrogens is 291 g/mol. The molecule has 0 spiro atoms. The van der Waals surface area contributed by atoms with Crippen LogP contribution < -0.4 is 0 Å². The molecular formula is C12H14BrFO3. The molecule has 1 aromatic carbocycles. The van der Waals surface area contributed by atoms with Crippen LogP contribution in [-0.4, -0.2) is 16.2 Å². The molecule has 2 atom stereocenters. The van der Waals surface area contributed by atoms with Crippen LogP contribution in [0.15, 0.2) is 22.7 Å². The molecule has 0 saturated carbocycles. The number of hydrogen-bond donors (Lipinski definition) is 2. The van der Waals surface area contributed by atoms with E-state index in [0.29, 0.717) is 18.4 Å². The monoisotopic (exact) mass is 304 g/mol. The Morgan fingerprint density at radius 3 is 2.65 bits per heavy atom. The first kappa shape index (κ1) is 14.1. The zero-order valence-corrected chi connectivity index (χ0v) is 10.9. The van der Waals surface area contributed by atoms with Crippen molar-refractivity contribution in [2.45, 2.75) is 25.9 Å². The Balaban J connectivity index is 2.96. The zero-order valence-electron chi connectivity index (χ0n) is 9.36. The number of rotatable bonds is 5. The van der Waals surface area contributed by atoms with Crippen LogP contribution in [0.4, 0.5) is 4.39 Å². The third kappa shape index (κ3) is 3.51. The average molecular weight is 305 g/mol. The van der Waals surface area contributed by atoms with Gasteiger partial charge in [-0.25, -0.2) is 4.39 Å². The van der Waals surface area contributed by atoms with E-state index in [1.165, 1.54) is 18.2 Å². The first-order chi connectivity index (χ1) is 7.97. The fourth-order valence-electron chi connectivity index (χ4n) is 1.66. The summed E-state index contributed by atoms with van der Waals surface area (Å²) in [5, 5.41) is 19.0. The highest BCUT2D eigenvalue weighted by molar-refractivity contribution is 9.10. The summed E-state index contributed by atoms with van der Waals surface area (Å²) in [6.45, 7) is 1.85. The standard InChI is InChI=1S/C12H14BrFO3/c1-2-3-8(12(16)17)11(15)7-4-5-10(14)9(13)6-7/h4-6,8,11,15H,2-3H2,1H3,(H,16,17). The van der Waals surface area contributed by atoms with Crippen LogP contribution in [-0.2, 0) is 4.79 Å². The fourth-order valence-corrected chi connectivity index (χ4v) is 2.05. The molecule has 0 bridgehead atoms. The Bertz CT molecular complexity index is 409. The lowest BCUT2D eigenvalue weighted by Crippen LogP contribution is -2.21. The predicted octanol–water partition coefficient (Wildman–Crippen LogP) is 3.12. The lowest BCUT2D eigenvalue weighted by Gasteiger charge is -2.19. The normalized spacial score (nSPS) is 14.4. The molecule has 2 unspecified atom stereocenters. The highest BCUT2D eigenvalue weighted by Gasteiger charge is 2.27. The molecule has 0 amide bonds. The zero-order chi connectivity index (χ0) is 13.0. The van der Waals surface area contributed by atoms with Crippen molar-refractivity contribution in [3.8, 4) is 0 Å². The quantitative estimate of drug-likeness (QED) is 0.878.